The van der Waals surface area contributed by atoms with Gasteiger partial charge >= 0.3 is 0 Å². The number of rotatable bonds is 9. The molecule has 0 bridgehead atoms. The van der Waals surface area contributed by atoms with Crippen LogP contribution in [0.15, 0.2) is 12.4 Å². The van der Waals surface area contributed by atoms with Gasteiger partial charge in [0.05, 0.1) is 6.20 Å². The van der Waals surface area contributed by atoms with Gasteiger partial charge in [-0.3, -0.25) is 4.68 Å². The van der Waals surface area contributed by atoms with Crippen molar-refractivity contribution < 1.29 is 0 Å². The zero-order valence-electron chi connectivity index (χ0n) is 13.8. The normalized spacial score (nSPS) is 13.7. The van der Waals surface area contributed by atoms with E-state index in [4.69, 9.17) is 5.73 Å². The van der Waals surface area contributed by atoms with Crippen molar-refractivity contribution in [1.82, 2.24) is 14.7 Å². The van der Waals surface area contributed by atoms with E-state index in [0.29, 0.717) is 0 Å². The lowest BCUT2D eigenvalue weighted by Crippen LogP contribution is -2.34. The van der Waals surface area contributed by atoms with Crippen LogP contribution < -0.4 is 5.73 Å². The third-order valence-electron chi connectivity index (χ3n) is 3.65. The summed E-state index contributed by atoms with van der Waals surface area (Å²) in [5.41, 5.74) is 7.46. The van der Waals surface area contributed by atoms with Crippen LogP contribution in [-0.2, 0) is 7.05 Å². The summed E-state index contributed by atoms with van der Waals surface area (Å²) in [5, 5.41) is 4.21. The number of aryl methyl sites for hydroxylation is 1. The standard InChI is InChI=1S/C16H32N4/c1-13(2)6-8-20(9-7-14(3)4)12-16(17)15-10-18-19(5)11-15/h10-11,13-14,16H,6-9,12,17H2,1-5H3. The van der Waals surface area contributed by atoms with Gasteiger partial charge in [0, 0.05) is 31.4 Å². The highest BCUT2D eigenvalue weighted by Gasteiger charge is 2.14. The smallest absolute Gasteiger partial charge is 0.0537 e. The van der Waals surface area contributed by atoms with Crippen molar-refractivity contribution in [2.24, 2.45) is 24.6 Å². The molecule has 1 rings (SSSR count). The van der Waals surface area contributed by atoms with Crippen LogP contribution >= 0.6 is 0 Å². The third kappa shape index (κ3) is 6.53. The van der Waals surface area contributed by atoms with Crippen LogP contribution in [0.3, 0.4) is 0 Å². The minimum absolute atomic E-state index is 0.0584. The maximum atomic E-state index is 6.33. The Morgan fingerprint density at radius 3 is 2.10 bits per heavy atom. The second-order valence-electron chi connectivity index (χ2n) is 6.72. The molecule has 116 valence electrons. The Kier molecular flexibility index (Phi) is 7.24. The number of nitrogens with two attached hydrogens (primary N) is 1. The van der Waals surface area contributed by atoms with Crippen molar-refractivity contribution in [2.75, 3.05) is 19.6 Å². The average Bonchev–Trinajstić information content (AvgIpc) is 2.79. The summed E-state index contributed by atoms with van der Waals surface area (Å²) in [6.45, 7) is 12.3. The van der Waals surface area contributed by atoms with Crippen molar-refractivity contribution in [3.8, 4) is 0 Å². The van der Waals surface area contributed by atoms with Gasteiger partial charge < -0.3 is 10.6 Å². The molecule has 0 radical (unpaired) electrons. The lowest BCUT2D eigenvalue weighted by Gasteiger charge is -2.26. The predicted molar refractivity (Wildman–Crippen MR) is 85.5 cm³/mol. The maximum Gasteiger partial charge on any atom is 0.0537 e. The fourth-order valence-electron chi connectivity index (χ4n) is 2.19. The molecule has 0 spiro atoms. The molecule has 1 atom stereocenters. The Morgan fingerprint density at radius 2 is 1.70 bits per heavy atom. The van der Waals surface area contributed by atoms with Crippen LogP contribution in [0.4, 0.5) is 0 Å². The third-order valence-corrected chi connectivity index (χ3v) is 3.65. The van der Waals surface area contributed by atoms with Crippen molar-refractivity contribution in [2.45, 2.75) is 46.6 Å². The number of aromatic nitrogens is 2. The highest BCUT2D eigenvalue weighted by Crippen LogP contribution is 2.13. The Labute approximate surface area is 124 Å². The van der Waals surface area contributed by atoms with E-state index in [-0.39, 0.29) is 6.04 Å². The first-order chi connectivity index (χ1) is 9.38. The Bertz CT molecular complexity index is 358. The van der Waals surface area contributed by atoms with E-state index in [1.54, 1.807) is 0 Å². The van der Waals surface area contributed by atoms with Gasteiger partial charge in [-0.2, -0.15) is 5.10 Å². The van der Waals surface area contributed by atoms with Gasteiger partial charge in [-0.05, 0) is 37.8 Å². The van der Waals surface area contributed by atoms with E-state index in [0.717, 1.165) is 37.0 Å². The van der Waals surface area contributed by atoms with Crippen LogP contribution in [0, 0.1) is 11.8 Å². The second-order valence-corrected chi connectivity index (χ2v) is 6.72. The summed E-state index contributed by atoms with van der Waals surface area (Å²) < 4.78 is 1.82. The SMILES string of the molecule is CC(C)CCN(CCC(C)C)CC(N)c1cnn(C)c1. The summed E-state index contributed by atoms with van der Waals surface area (Å²) in [7, 11) is 1.94. The van der Waals surface area contributed by atoms with Gasteiger partial charge in [-0.1, -0.05) is 27.7 Å². The fourth-order valence-corrected chi connectivity index (χ4v) is 2.19. The minimum Gasteiger partial charge on any atom is -0.323 e. The molecule has 2 N–H and O–H groups in total. The van der Waals surface area contributed by atoms with Crippen LogP contribution in [-0.4, -0.2) is 34.3 Å². The molecule has 1 unspecified atom stereocenters. The van der Waals surface area contributed by atoms with Gasteiger partial charge in [0.15, 0.2) is 0 Å². The zero-order chi connectivity index (χ0) is 15.1. The molecule has 1 aromatic rings. The lowest BCUT2D eigenvalue weighted by atomic mass is 10.1. The second kappa shape index (κ2) is 8.42. The maximum absolute atomic E-state index is 6.33. The molecule has 0 aliphatic heterocycles. The molecule has 0 fully saturated rings. The topological polar surface area (TPSA) is 47.1 Å². The first-order valence-electron chi connectivity index (χ1n) is 7.85. The van der Waals surface area contributed by atoms with Crippen LogP contribution in [0.1, 0.15) is 52.1 Å². The first kappa shape index (κ1) is 17.2. The molecule has 0 aliphatic rings. The molecule has 0 saturated carbocycles. The largest absolute Gasteiger partial charge is 0.323 e. The molecule has 0 aromatic carbocycles. The highest BCUT2D eigenvalue weighted by molar-refractivity contribution is 5.09. The van der Waals surface area contributed by atoms with Crippen LogP contribution in [0.2, 0.25) is 0 Å². The molecule has 4 heteroatoms. The first-order valence-corrected chi connectivity index (χ1v) is 7.85. The lowest BCUT2D eigenvalue weighted by molar-refractivity contribution is 0.230. The summed E-state index contributed by atoms with van der Waals surface area (Å²) in [4.78, 5) is 2.51. The van der Waals surface area contributed by atoms with Gasteiger partial charge in [-0.15, -0.1) is 0 Å². The zero-order valence-corrected chi connectivity index (χ0v) is 13.8. The van der Waals surface area contributed by atoms with Crippen molar-refractivity contribution in [3.63, 3.8) is 0 Å². The minimum atomic E-state index is 0.0584. The van der Waals surface area contributed by atoms with Gasteiger partial charge in [0.2, 0.25) is 0 Å². The molecule has 1 aromatic heterocycles. The van der Waals surface area contributed by atoms with E-state index in [9.17, 15) is 0 Å². The molecule has 4 nitrogen and oxygen atoms in total. The summed E-state index contributed by atoms with van der Waals surface area (Å²) in [6, 6.07) is 0.0584. The van der Waals surface area contributed by atoms with Crippen molar-refractivity contribution in [1.29, 1.82) is 0 Å². The Balaban J connectivity index is 2.53. The number of nitrogens with zero attached hydrogens (tertiary/aromatic N) is 3. The molecular weight excluding hydrogens is 248 g/mol. The molecule has 1 heterocycles. The molecule has 0 amide bonds. The summed E-state index contributed by atoms with van der Waals surface area (Å²) >= 11 is 0. The summed E-state index contributed by atoms with van der Waals surface area (Å²) in [5.74, 6) is 1.48. The monoisotopic (exact) mass is 280 g/mol. The molecule has 0 saturated heterocycles. The molecular formula is C16H32N4. The van der Waals surface area contributed by atoms with E-state index >= 15 is 0 Å². The van der Waals surface area contributed by atoms with E-state index in [1.807, 2.05) is 24.1 Å². The molecule has 20 heavy (non-hydrogen) atoms. The van der Waals surface area contributed by atoms with Crippen LogP contribution in [0.25, 0.3) is 0 Å². The van der Waals surface area contributed by atoms with E-state index in [1.165, 1.54) is 12.8 Å². The number of hydrogen-bond donors (Lipinski definition) is 1. The fraction of sp³-hybridized carbons (Fsp3) is 0.812. The predicted octanol–water partition coefficient (Wildman–Crippen LogP) is 2.81. The van der Waals surface area contributed by atoms with Crippen LogP contribution in [0.5, 0.6) is 0 Å². The van der Waals surface area contributed by atoms with Gasteiger partial charge in [0.25, 0.3) is 0 Å². The Morgan fingerprint density at radius 1 is 1.15 bits per heavy atom. The van der Waals surface area contributed by atoms with E-state index < -0.39 is 0 Å². The molecule has 0 aliphatic carbocycles. The Hall–Kier alpha value is -0.870. The number of hydrogen-bond acceptors (Lipinski definition) is 3. The summed E-state index contributed by atoms with van der Waals surface area (Å²) in [6.07, 6.45) is 6.37. The average molecular weight is 280 g/mol. The van der Waals surface area contributed by atoms with Gasteiger partial charge in [-0.25, -0.2) is 0 Å². The van der Waals surface area contributed by atoms with Crippen molar-refractivity contribution >= 4 is 0 Å². The van der Waals surface area contributed by atoms with Gasteiger partial charge in [0.1, 0.15) is 0 Å². The highest BCUT2D eigenvalue weighted by atomic mass is 15.2. The van der Waals surface area contributed by atoms with Crippen molar-refractivity contribution in [3.05, 3.63) is 18.0 Å². The quantitative estimate of drug-likeness (QED) is 0.756. The van der Waals surface area contributed by atoms with E-state index in [2.05, 4.69) is 37.7 Å².